The number of nitrogens with zero attached hydrogens (tertiary/aromatic N) is 1. The van der Waals surface area contributed by atoms with Crippen LogP contribution in [0.15, 0.2) is 17.5 Å². The number of nitrogens with one attached hydrogen (secondary N) is 1. The van der Waals surface area contributed by atoms with E-state index in [4.69, 9.17) is 0 Å². The Kier molecular flexibility index (Phi) is 4.82. The van der Waals surface area contributed by atoms with Crippen molar-refractivity contribution in [2.75, 3.05) is 26.2 Å². The molecular weight excluding hydrogens is 216 g/mol. The van der Waals surface area contributed by atoms with E-state index in [0.717, 1.165) is 12.5 Å². The predicted octanol–water partition coefficient (Wildman–Crippen LogP) is 2.57. The number of piperidine rings is 1. The van der Waals surface area contributed by atoms with E-state index in [-0.39, 0.29) is 0 Å². The number of hydrogen-bond acceptors (Lipinski definition) is 3. The van der Waals surface area contributed by atoms with E-state index >= 15 is 0 Å². The smallest absolute Gasteiger partial charge is 0.0299 e. The average Bonchev–Trinajstić information content (AvgIpc) is 2.83. The van der Waals surface area contributed by atoms with Crippen LogP contribution >= 0.6 is 11.3 Å². The lowest BCUT2D eigenvalue weighted by Crippen LogP contribution is -2.36. The molecule has 90 valence electrons. The maximum Gasteiger partial charge on any atom is 0.0299 e. The van der Waals surface area contributed by atoms with Crippen molar-refractivity contribution in [2.24, 2.45) is 5.92 Å². The van der Waals surface area contributed by atoms with Gasteiger partial charge in [0, 0.05) is 11.4 Å². The van der Waals surface area contributed by atoms with E-state index in [2.05, 4.69) is 34.7 Å². The van der Waals surface area contributed by atoms with Crippen molar-refractivity contribution in [3.05, 3.63) is 22.4 Å². The predicted molar refractivity (Wildman–Crippen MR) is 70.9 cm³/mol. The number of thiophene rings is 1. The van der Waals surface area contributed by atoms with Crippen LogP contribution in [0.4, 0.5) is 0 Å². The molecule has 0 aliphatic carbocycles. The molecule has 2 rings (SSSR count). The zero-order chi connectivity index (χ0) is 11.2. The van der Waals surface area contributed by atoms with Crippen molar-refractivity contribution in [1.29, 1.82) is 0 Å². The Balaban J connectivity index is 1.60. The maximum absolute atomic E-state index is 3.58. The van der Waals surface area contributed by atoms with Gasteiger partial charge in [0.2, 0.25) is 0 Å². The molecule has 1 aliphatic rings. The largest absolute Gasteiger partial charge is 0.312 e. The summed E-state index contributed by atoms with van der Waals surface area (Å²) in [5, 5.41) is 5.73. The molecule has 1 saturated heterocycles. The zero-order valence-corrected chi connectivity index (χ0v) is 10.9. The zero-order valence-electron chi connectivity index (χ0n) is 10.1. The molecule has 0 unspecified atom stereocenters. The number of hydrogen-bond donors (Lipinski definition) is 1. The van der Waals surface area contributed by atoms with Gasteiger partial charge >= 0.3 is 0 Å². The third-order valence-electron chi connectivity index (χ3n) is 3.47. The average molecular weight is 238 g/mol. The van der Waals surface area contributed by atoms with Gasteiger partial charge in [-0.15, -0.1) is 11.3 Å². The van der Waals surface area contributed by atoms with Crippen molar-refractivity contribution in [1.82, 2.24) is 10.2 Å². The standard InChI is InChI=1S/C13H22N2S/c1-2-15-7-5-12(6-8-15)10-14-11-13-4-3-9-16-13/h3-4,9,12,14H,2,5-8,10-11H2,1H3. The molecule has 1 aromatic rings. The molecule has 1 aliphatic heterocycles. The lowest BCUT2D eigenvalue weighted by molar-refractivity contribution is 0.190. The fourth-order valence-corrected chi connectivity index (χ4v) is 2.99. The minimum Gasteiger partial charge on any atom is -0.312 e. The topological polar surface area (TPSA) is 15.3 Å². The summed E-state index contributed by atoms with van der Waals surface area (Å²) in [5.74, 6) is 0.891. The van der Waals surface area contributed by atoms with Crippen LogP contribution in [-0.2, 0) is 6.54 Å². The fourth-order valence-electron chi connectivity index (χ4n) is 2.32. The molecule has 16 heavy (non-hydrogen) atoms. The first-order chi connectivity index (χ1) is 7.88. The van der Waals surface area contributed by atoms with E-state index in [1.807, 2.05) is 11.3 Å². The van der Waals surface area contributed by atoms with E-state index in [9.17, 15) is 0 Å². The summed E-state index contributed by atoms with van der Waals surface area (Å²) < 4.78 is 0. The molecule has 1 fully saturated rings. The first-order valence-electron chi connectivity index (χ1n) is 6.34. The quantitative estimate of drug-likeness (QED) is 0.848. The van der Waals surface area contributed by atoms with Crippen LogP contribution in [0.5, 0.6) is 0 Å². The summed E-state index contributed by atoms with van der Waals surface area (Å²) >= 11 is 1.84. The van der Waals surface area contributed by atoms with Gasteiger partial charge in [-0.3, -0.25) is 0 Å². The minimum atomic E-state index is 0.891. The normalized spacial score (nSPS) is 19.1. The van der Waals surface area contributed by atoms with Gasteiger partial charge in [0.05, 0.1) is 0 Å². The second-order valence-electron chi connectivity index (χ2n) is 4.59. The van der Waals surface area contributed by atoms with E-state index in [1.165, 1.54) is 43.9 Å². The minimum absolute atomic E-state index is 0.891. The second-order valence-corrected chi connectivity index (χ2v) is 5.62. The number of likely N-dealkylation sites (tertiary alicyclic amines) is 1. The van der Waals surface area contributed by atoms with Gasteiger partial charge in [-0.05, 0) is 56.4 Å². The Hall–Kier alpha value is -0.380. The Morgan fingerprint density at radius 3 is 2.88 bits per heavy atom. The Labute approximate surface area is 103 Å². The van der Waals surface area contributed by atoms with Crippen LogP contribution in [0.2, 0.25) is 0 Å². The Morgan fingerprint density at radius 2 is 2.25 bits per heavy atom. The van der Waals surface area contributed by atoms with Crippen LogP contribution in [0, 0.1) is 5.92 Å². The summed E-state index contributed by atoms with van der Waals surface area (Å²) in [6.45, 7) is 8.30. The monoisotopic (exact) mass is 238 g/mol. The molecule has 3 heteroatoms. The van der Waals surface area contributed by atoms with Crippen LogP contribution in [0.1, 0.15) is 24.6 Å². The molecule has 0 aromatic carbocycles. The summed E-state index contributed by atoms with van der Waals surface area (Å²) in [5.41, 5.74) is 0. The molecule has 2 nitrogen and oxygen atoms in total. The molecule has 0 saturated carbocycles. The highest BCUT2D eigenvalue weighted by Crippen LogP contribution is 2.16. The van der Waals surface area contributed by atoms with Crippen LogP contribution < -0.4 is 5.32 Å². The first-order valence-corrected chi connectivity index (χ1v) is 7.22. The Bertz CT molecular complexity index is 276. The highest BCUT2D eigenvalue weighted by molar-refractivity contribution is 7.09. The molecule has 0 amide bonds. The molecule has 1 N–H and O–H groups in total. The lowest BCUT2D eigenvalue weighted by Gasteiger charge is -2.31. The SMILES string of the molecule is CCN1CCC(CNCc2cccs2)CC1. The first kappa shape index (κ1) is 12.1. The van der Waals surface area contributed by atoms with Crippen molar-refractivity contribution >= 4 is 11.3 Å². The molecule has 0 atom stereocenters. The van der Waals surface area contributed by atoms with E-state index in [1.54, 1.807) is 0 Å². The molecule has 0 spiro atoms. The third kappa shape index (κ3) is 3.58. The molecule has 0 bridgehead atoms. The summed E-state index contributed by atoms with van der Waals surface area (Å²) in [7, 11) is 0. The highest BCUT2D eigenvalue weighted by atomic mass is 32.1. The van der Waals surface area contributed by atoms with Gasteiger partial charge in [-0.1, -0.05) is 13.0 Å². The molecule has 0 radical (unpaired) electrons. The third-order valence-corrected chi connectivity index (χ3v) is 4.34. The van der Waals surface area contributed by atoms with Crippen molar-refractivity contribution in [2.45, 2.75) is 26.3 Å². The lowest BCUT2D eigenvalue weighted by atomic mass is 9.97. The van der Waals surface area contributed by atoms with E-state index in [0.29, 0.717) is 0 Å². The van der Waals surface area contributed by atoms with Crippen LogP contribution in [0.25, 0.3) is 0 Å². The molecular formula is C13H22N2S. The maximum atomic E-state index is 3.58. The van der Waals surface area contributed by atoms with Crippen LogP contribution in [0.3, 0.4) is 0 Å². The van der Waals surface area contributed by atoms with Gasteiger partial charge in [0.25, 0.3) is 0 Å². The van der Waals surface area contributed by atoms with Gasteiger partial charge < -0.3 is 10.2 Å². The second kappa shape index (κ2) is 6.38. The Morgan fingerprint density at radius 1 is 1.44 bits per heavy atom. The van der Waals surface area contributed by atoms with Gasteiger partial charge in [-0.2, -0.15) is 0 Å². The molecule has 1 aromatic heterocycles. The van der Waals surface area contributed by atoms with Crippen molar-refractivity contribution in [3.8, 4) is 0 Å². The van der Waals surface area contributed by atoms with Crippen molar-refractivity contribution in [3.63, 3.8) is 0 Å². The molecule has 2 heterocycles. The fraction of sp³-hybridized carbons (Fsp3) is 0.692. The van der Waals surface area contributed by atoms with Gasteiger partial charge in [0.1, 0.15) is 0 Å². The summed E-state index contributed by atoms with van der Waals surface area (Å²) in [4.78, 5) is 4.00. The highest BCUT2D eigenvalue weighted by Gasteiger charge is 2.17. The summed E-state index contributed by atoms with van der Waals surface area (Å²) in [6.07, 6.45) is 2.73. The summed E-state index contributed by atoms with van der Waals surface area (Å²) in [6, 6.07) is 4.33. The van der Waals surface area contributed by atoms with E-state index < -0.39 is 0 Å². The number of rotatable bonds is 5. The van der Waals surface area contributed by atoms with Crippen LogP contribution in [-0.4, -0.2) is 31.1 Å². The van der Waals surface area contributed by atoms with Crippen molar-refractivity contribution < 1.29 is 0 Å². The van der Waals surface area contributed by atoms with Gasteiger partial charge in [0.15, 0.2) is 0 Å². The van der Waals surface area contributed by atoms with Gasteiger partial charge in [-0.25, -0.2) is 0 Å².